The fourth-order valence-electron chi connectivity index (χ4n) is 4.28. The average Bonchev–Trinajstić information content (AvgIpc) is 3.21. The Morgan fingerprint density at radius 3 is 2.55 bits per heavy atom. The van der Waals surface area contributed by atoms with Gasteiger partial charge in [0.15, 0.2) is 0 Å². The predicted molar refractivity (Wildman–Crippen MR) is 85.7 cm³/mol. The molecule has 3 nitrogen and oxygen atoms in total. The van der Waals surface area contributed by atoms with Crippen LogP contribution in [0.1, 0.15) is 34.1 Å². The lowest BCUT2D eigenvalue weighted by atomic mass is 9.78. The van der Waals surface area contributed by atoms with Gasteiger partial charge in [0.2, 0.25) is 0 Å². The van der Waals surface area contributed by atoms with E-state index in [1.807, 2.05) is 26.0 Å². The molecule has 4 rings (SSSR count). The Labute approximate surface area is 130 Å². The van der Waals surface area contributed by atoms with Gasteiger partial charge >= 0.3 is 0 Å². The Balaban J connectivity index is 1.74. The van der Waals surface area contributed by atoms with Gasteiger partial charge in [-0.2, -0.15) is 5.10 Å². The number of carbonyl (C=O) groups excluding carboxylic acids is 1. The molecule has 22 heavy (non-hydrogen) atoms. The van der Waals surface area contributed by atoms with Gasteiger partial charge in [-0.05, 0) is 43.7 Å². The molecule has 2 aliphatic rings. The van der Waals surface area contributed by atoms with Gasteiger partial charge in [0.1, 0.15) is 0 Å². The standard InChI is InChI=1S/C19H20N2O/c1-12-10-13(2)21(20-12)19(22)18-16-9-8-15(11-16)17(18)14-6-4-3-5-7-14/h3-10,15-18H,11H2,1-2H3/t15-,16+,17+,18+/m1/s1. The van der Waals surface area contributed by atoms with Crippen LogP contribution in [0.15, 0.2) is 48.6 Å². The van der Waals surface area contributed by atoms with Crippen LogP contribution in [0, 0.1) is 31.6 Å². The third-order valence-electron chi connectivity index (χ3n) is 5.15. The first kappa shape index (κ1) is 13.5. The van der Waals surface area contributed by atoms with Gasteiger partial charge in [-0.3, -0.25) is 4.79 Å². The summed E-state index contributed by atoms with van der Waals surface area (Å²) in [6.07, 6.45) is 5.63. The van der Waals surface area contributed by atoms with E-state index >= 15 is 0 Å². The number of aromatic nitrogens is 2. The molecular formula is C19H20N2O. The van der Waals surface area contributed by atoms with Crippen LogP contribution in [0.25, 0.3) is 0 Å². The summed E-state index contributed by atoms with van der Waals surface area (Å²) in [7, 11) is 0. The Hall–Kier alpha value is -2.16. The number of fused-ring (bicyclic) bond motifs is 2. The molecule has 4 atom stereocenters. The van der Waals surface area contributed by atoms with Crippen molar-refractivity contribution in [3.8, 4) is 0 Å². The zero-order valence-corrected chi connectivity index (χ0v) is 12.9. The van der Waals surface area contributed by atoms with Crippen molar-refractivity contribution in [2.45, 2.75) is 26.2 Å². The van der Waals surface area contributed by atoms with Crippen molar-refractivity contribution in [1.29, 1.82) is 0 Å². The van der Waals surface area contributed by atoms with Gasteiger partial charge in [0.25, 0.3) is 5.91 Å². The molecule has 0 N–H and O–H groups in total. The van der Waals surface area contributed by atoms with Crippen molar-refractivity contribution in [2.75, 3.05) is 0 Å². The molecular weight excluding hydrogens is 272 g/mol. The first-order chi connectivity index (χ1) is 10.6. The molecule has 2 aliphatic carbocycles. The Bertz CT molecular complexity index is 744. The molecule has 1 fully saturated rings. The van der Waals surface area contributed by atoms with Crippen LogP contribution < -0.4 is 0 Å². The van der Waals surface area contributed by atoms with E-state index in [1.54, 1.807) is 4.68 Å². The lowest BCUT2D eigenvalue weighted by molar-refractivity contribution is 0.0778. The molecule has 1 heterocycles. The number of hydrogen-bond donors (Lipinski definition) is 0. The maximum absolute atomic E-state index is 13.1. The molecule has 0 unspecified atom stereocenters. The highest BCUT2D eigenvalue weighted by atomic mass is 16.2. The molecule has 0 amide bonds. The van der Waals surface area contributed by atoms with Crippen LogP contribution in [0.2, 0.25) is 0 Å². The molecule has 0 aliphatic heterocycles. The van der Waals surface area contributed by atoms with Gasteiger partial charge in [-0.15, -0.1) is 0 Å². The second kappa shape index (κ2) is 4.94. The first-order valence-corrected chi connectivity index (χ1v) is 7.96. The van der Waals surface area contributed by atoms with E-state index in [2.05, 4.69) is 41.5 Å². The summed E-state index contributed by atoms with van der Waals surface area (Å²) >= 11 is 0. The summed E-state index contributed by atoms with van der Waals surface area (Å²) in [6.45, 7) is 3.89. The highest BCUT2D eigenvalue weighted by Crippen LogP contribution is 2.53. The fourth-order valence-corrected chi connectivity index (χ4v) is 4.28. The summed E-state index contributed by atoms with van der Waals surface area (Å²) in [6, 6.07) is 12.4. The van der Waals surface area contributed by atoms with Gasteiger partial charge in [0.05, 0.1) is 11.6 Å². The van der Waals surface area contributed by atoms with Crippen LogP contribution in [0.3, 0.4) is 0 Å². The summed E-state index contributed by atoms with van der Waals surface area (Å²) in [5.41, 5.74) is 3.11. The Morgan fingerprint density at radius 2 is 1.86 bits per heavy atom. The maximum atomic E-state index is 13.1. The largest absolute Gasteiger partial charge is 0.272 e. The quantitative estimate of drug-likeness (QED) is 0.790. The molecule has 0 radical (unpaired) electrons. The first-order valence-electron chi connectivity index (χ1n) is 7.96. The lowest BCUT2D eigenvalue weighted by Crippen LogP contribution is -2.31. The Kier molecular flexibility index (Phi) is 3.03. The molecule has 3 heteroatoms. The monoisotopic (exact) mass is 292 g/mol. The van der Waals surface area contributed by atoms with Crippen LogP contribution in [0.4, 0.5) is 0 Å². The molecule has 1 aromatic heterocycles. The van der Waals surface area contributed by atoms with E-state index in [0.717, 1.165) is 17.8 Å². The highest BCUT2D eigenvalue weighted by Gasteiger charge is 2.49. The average molecular weight is 292 g/mol. The minimum atomic E-state index is 0.00963. The number of benzene rings is 1. The van der Waals surface area contributed by atoms with Crippen LogP contribution in [-0.4, -0.2) is 15.7 Å². The van der Waals surface area contributed by atoms with Crippen molar-refractivity contribution in [2.24, 2.45) is 17.8 Å². The van der Waals surface area contributed by atoms with Crippen molar-refractivity contribution >= 4 is 5.91 Å². The van der Waals surface area contributed by atoms with Crippen molar-refractivity contribution in [3.05, 3.63) is 65.5 Å². The second-order valence-electron chi connectivity index (χ2n) is 6.59. The highest BCUT2D eigenvalue weighted by molar-refractivity contribution is 5.83. The second-order valence-corrected chi connectivity index (χ2v) is 6.59. The van der Waals surface area contributed by atoms with E-state index in [-0.39, 0.29) is 17.7 Å². The van der Waals surface area contributed by atoms with Gasteiger partial charge in [-0.1, -0.05) is 42.5 Å². The van der Waals surface area contributed by atoms with Crippen LogP contribution >= 0.6 is 0 Å². The third kappa shape index (κ3) is 1.96. The van der Waals surface area contributed by atoms with E-state index in [1.165, 1.54) is 5.56 Å². The number of aryl methyl sites for hydroxylation is 2. The normalized spacial score (nSPS) is 29.2. The predicted octanol–water partition coefficient (Wildman–Crippen LogP) is 3.75. The summed E-state index contributed by atoms with van der Waals surface area (Å²) in [5.74, 6) is 1.28. The van der Waals surface area contributed by atoms with E-state index in [4.69, 9.17) is 0 Å². The number of hydrogen-bond acceptors (Lipinski definition) is 2. The number of allylic oxidation sites excluding steroid dienone is 2. The number of carbonyl (C=O) groups is 1. The molecule has 0 spiro atoms. The zero-order chi connectivity index (χ0) is 15.3. The van der Waals surface area contributed by atoms with Gasteiger partial charge < -0.3 is 0 Å². The third-order valence-corrected chi connectivity index (χ3v) is 5.15. The number of rotatable bonds is 2. The Morgan fingerprint density at radius 1 is 1.14 bits per heavy atom. The molecule has 2 aromatic rings. The van der Waals surface area contributed by atoms with Gasteiger partial charge in [0, 0.05) is 11.6 Å². The topological polar surface area (TPSA) is 34.9 Å². The van der Waals surface area contributed by atoms with Crippen molar-refractivity contribution in [1.82, 2.24) is 9.78 Å². The van der Waals surface area contributed by atoms with Crippen molar-refractivity contribution < 1.29 is 4.79 Å². The molecule has 1 aromatic carbocycles. The zero-order valence-electron chi connectivity index (χ0n) is 12.9. The van der Waals surface area contributed by atoms with Crippen molar-refractivity contribution in [3.63, 3.8) is 0 Å². The summed E-state index contributed by atoms with van der Waals surface area (Å²) in [4.78, 5) is 13.1. The van der Waals surface area contributed by atoms with Crippen LogP contribution in [0.5, 0.6) is 0 Å². The van der Waals surface area contributed by atoms with E-state index in [0.29, 0.717) is 11.8 Å². The SMILES string of the molecule is Cc1cc(C)n(C(=O)[C@@H]2[C@@H](c3ccccc3)[C@@H]3C=C[C@H]2C3)n1. The van der Waals surface area contributed by atoms with Crippen LogP contribution in [-0.2, 0) is 0 Å². The molecule has 0 saturated heterocycles. The molecule has 2 bridgehead atoms. The van der Waals surface area contributed by atoms with E-state index in [9.17, 15) is 4.79 Å². The molecule has 112 valence electrons. The smallest absolute Gasteiger partial charge is 0.251 e. The lowest BCUT2D eigenvalue weighted by Gasteiger charge is -2.27. The summed E-state index contributed by atoms with van der Waals surface area (Å²) < 4.78 is 1.62. The van der Waals surface area contributed by atoms with Gasteiger partial charge in [-0.25, -0.2) is 4.68 Å². The van der Waals surface area contributed by atoms with E-state index < -0.39 is 0 Å². The fraction of sp³-hybridized carbons (Fsp3) is 0.368. The maximum Gasteiger partial charge on any atom is 0.251 e. The summed E-state index contributed by atoms with van der Waals surface area (Å²) in [5, 5.41) is 4.41. The molecule has 1 saturated carbocycles. The minimum Gasteiger partial charge on any atom is -0.272 e. The minimum absolute atomic E-state index is 0.00963. The number of nitrogens with zero attached hydrogens (tertiary/aromatic N) is 2.